The Kier molecular flexibility index (Phi) is 4.73. The molecule has 2 heterocycles. The third kappa shape index (κ3) is 3.65. The Morgan fingerprint density at radius 3 is 2.55 bits per heavy atom. The van der Waals surface area contributed by atoms with Gasteiger partial charge in [0.2, 0.25) is 11.8 Å². The van der Waals surface area contributed by atoms with Crippen molar-refractivity contribution < 1.29 is 14.3 Å². The van der Waals surface area contributed by atoms with Crippen molar-refractivity contribution in [1.82, 2.24) is 10.2 Å². The molecule has 0 saturated carbocycles. The van der Waals surface area contributed by atoms with Crippen molar-refractivity contribution in [3.05, 3.63) is 35.9 Å². The van der Waals surface area contributed by atoms with Gasteiger partial charge in [-0.15, -0.1) is 0 Å². The van der Waals surface area contributed by atoms with Crippen LogP contribution in [0.1, 0.15) is 31.2 Å². The van der Waals surface area contributed by atoms with Gasteiger partial charge in [-0.25, -0.2) is 0 Å². The van der Waals surface area contributed by atoms with Crippen LogP contribution in [0.3, 0.4) is 0 Å². The molecule has 2 amide bonds. The molecule has 0 radical (unpaired) electrons. The molecular formula is C17H22N2O3. The Morgan fingerprint density at radius 1 is 1.18 bits per heavy atom. The summed E-state index contributed by atoms with van der Waals surface area (Å²) in [6, 6.07) is 9.82. The second kappa shape index (κ2) is 6.92. The summed E-state index contributed by atoms with van der Waals surface area (Å²) in [6.07, 6.45) is 3.02. The van der Waals surface area contributed by atoms with E-state index >= 15 is 0 Å². The van der Waals surface area contributed by atoms with Crippen LogP contribution in [-0.2, 0) is 20.9 Å². The predicted molar refractivity (Wildman–Crippen MR) is 82.0 cm³/mol. The molecule has 0 aromatic heterocycles. The molecule has 2 aliphatic rings. The minimum Gasteiger partial charge on any atom is -0.373 e. The maximum atomic E-state index is 12.3. The number of piperidine rings is 1. The molecule has 1 aromatic carbocycles. The molecule has 2 saturated heterocycles. The van der Waals surface area contributed by atoms with E-state index in [-0.39, 0.29) is 24.0 Å². The standard InChI is InChI=1S/C17H22N2O3/c20-16-7-6-15(18-16)17(21)19-10-8-14(9-11-19)22-12-13-4-2-1-3-5-13/h1-5,14-15H,6-12H2,(H,18,20)/t15-/m1/s1. The van der Waals surface area contributed by atoms with Crippen LogP contribution < -0.4 is 5.32 Å². The van der Waals surface area contributed by atoms with Gasteiger partial charge in [-0.05, 0) is 24.8 Å². The highest BCUT2D eigenvalue weighted by atomic mass is 16.5. The molecule has 1 atom stereocenters. The number of carbonyl (C=O) groups excluding carboxylic acids is 2. The normalized spacial score (nSPS) is 22.6. The van der Waals surface area contributed by atoms with Crippen LogP contribution in [-0.4, -0.2) is 41.9 Å². The van der Waals surface area contributed by atoms with Gasteiger partial charge in [-0.1, -0.05) is 30.3 Å². The summed E-state index contributed by atoms with van der Waals surface area (Å²) in [5, 5.41) is 2.75. The maximum Gasteiger partial charge on any atom is 0.245 e. The van der Waals surface area contributed by atoms with Crippen molar-refractivity contribution in [2.24, 2.45) is 0 Å². The molecular weight excluding hydrogens is 280 g/mol. The number of carbonyl (C=O) groups is 2. The fourth-order valence-corrected chi connectivity index (χ4v) is 3.05. The van der Waals surface area contributed by atoms with Crippen molar-refractivity contribution in [2.75, 3.05) is 13.1 Å². The lowest BCUT2D eigenvalue weighted by Gasteiger charge is -2.33. The summed E-state index contributed by atoms with van der Waals surface area (Å²) in [6.45, 7) is 2.05. The number of rotatable bonds is 4. The Bertz CT molecular complexity index is 524. The first-order chi connectivity index (χ1) is 10.7. The van der Waals surface area contributed by atoms with E-state index < -0.39 is 0 Å². The SMILES string of the molecule is O=C1CC[C@H](C(=O)N2CCC(OCc3ccccc3)CC2)N1. The van der Waals surface area contributed by atoms with Crippen LogP contribution in [0, 0.1) is 0 Å². The van der Waals surface area contributed by atoms with Gasteiger partial charge < -0.3 is 15.0 Å². The van der Waals surface area contributed by atoms with Crippen LogP contribution in [0.2, 0.25) is 0 Å². The molecule has 1 N–H and O–H groups in total. The third-order valence-corrected chi connectivity index (χ3v) is 4.38. The monoisotopic (exact) mass is 302 g/mol. The lowest BCUT2D eigenvalue weighted by Crippen LogP contribution is -2.48. The van der Waals surface area contributed by atoms with E-state index in [1.54, 1.807) is 0 Å². The van der Waals surface area contributed by atoms with E-state index in [2.05, 4.69) is 17.4 Å². The Hall–Kier alpha value is -1.88. The molecule has 3 rings (SSSR count). The van der Waals surface area contributed by atoms with Gasteiger partial charge in [-0.3, -0.25) is 9.59 Å². The van der Waals surface area contributed by atoms with E-state index in [9.17, 15) is 9.59 Å². The predicted octanol–water partition coefficient (Wildman–Crippen LogP) is 1.47. The highest BCUT2D eigenvalue weighted by molar-refractivity contribution is 5.90. The smallest absolute Gasteiger partial charge is 0.245 e. The second-order valence-corrected chi connectivity index (χ2v) is 5.98. The molecule has 5 nitrogen and oxygen atoms in total. The largest absolute Gasteiger partial charge is 0.373 e. The minimum atomic E-state index is -0.311. The van der Waals surface area contributed by atoms with E-state index in [1.165, 1.54) is 5.56 Å². The zero-order chi connectivity index (χ0) is 15.4. The lowest BCUT2D eigenvalue weighted by atomic mass is 10.1. The fraction of sp³-hybridized carbons (Fsp3) is 0.529. The molecule has 0 unspecified atom stereocenters. The zero-order valence-electron chi connectivity index (χ0n) is 12.7. The van der Waals surface area contributed by atoms with Gasteiger partial charge in [0.05, 0.1) is 12.7 Å². The number of likely N-dealkylation sites (tertiary alicyclic amines) is 1. The van der Waals surface area contributed by atoms with Crippen LogP contribution in [0.25, 0.3) is 0 Å². The van der Waals surface area contributed by atoms with E-state index in [0.717, 1.165) is 12.8 Å². The lowest BCUT2D eigenvalue weighted by molar-refractivity contribution is -0.137. The second-order valence-electron chi connectivity index (χ2n) is 5.98. The van der Waals surface area contributed by atoms with Crippen LogP contribution >= 0.6 is 0 Å². The average Bonchev–Trinajstić information content (AvgIpc) is 3.00. The van der Waals surface area contributed by atoms with Crippen LogP contribution in [0.5, 0.6) is 0 Å². The topological polar surface area (TPSA) is 58.6 Å². The van der Waals surface area contributed by atoms with Gasteiger partial charge >= 0.3 is 0 Å². The number of nitrogens with zero attached hydrogens (tertiary/aromatic N) is 1. The van der Waals surface area contributed by atoms with Gasteiger partial charge in [0.25, 0.3) is 0 Å². The summed E-state index contributed by atoms with van der Waals surface area (Å²) >= 11 is 0. The highest BCUT2D eigenvalue weighted by Gasteiger charge is 2.32. The quantitative estimate of drug-likeness (QED) is 0.916. The number of ether oxygens (including phenoxy) is 1. The zero-order valence-corrected chi connectivity index (χ0v) is 12.7. The first-order valence-electron chi connectivity index (χ1n) is 7.96. The summed E-state index contributed by atoms with van der Waals surface area (Å²) < 4.78 is 5.93. The molecule has 118 valence electrons. The summed E-state index contributed by atoms with van der Waals surface area (Å²) in [5.74, 6) is 0.0480. The van der Waals surface area contributed by atoms with Crippen LogP contribution in [0.15, 0.2) is 30.3 Å². The van der Waals surface area contributed by atoms with Crippen LogP contribution in [0.4, 0.5) is 0 Å². The van der Waals surface area contributed by atoms with Crippen molar-refractivity contribution in [1.29, 1.82) is 0 Å². The number of benzene rings is 1. The molecule has 5 heteroatoms. The van der Waals surface area contributed by atoms with Crippen molar-refractivity contribution in [2.45, 2.75) is 44.4 Å². The number of hydrogen-bond acceptors (Lipinski definition) is 3. The molecule has 2 fully saturated rings. The van der Waals surface area contributed by atoms with Gasteiger partial charge in [0, 0.05) is 19.5 Å². The van der Waals surface area contributed by atoms with Crippen molar-refractivity contribution >= 4 is 11.8 Å². The third-order valence-electron chi connectivity index (χ3n) is 4.38. The summed E-state index contributed by atoms with van der Waals surface area (Å²) in [7, 11) is 0. The van der Waals surface area contributed by atoms with E-state index in [0.29, 0.717) is 32.5 Å². The number of nitrogens with one attached hydrogen (secondary N) is 1. The Morgan fingerprint density at radius 2 is 1.91 bits per heavy atom. The molecule has 2 aliphatic heterocycles. The van der Waals surface area contributed by atoms with Gasteiger partial charge in [0.15, 0.2) is 0 Å². The summed E-state index contributed by atoms with van der Waals surface area (Å²) in [5.41, 5.74) is 1.18. The Balaban J connectivity index is 1.42. The molecule has 0 bridgehead atoms. The average molecular weight is 302 g/mol. The van der Waals surface area contributed by atoms with E-state index in [1.807, 2.05) is 23.1 Å². The number of hydrogen-bond donors (Lipinski definition) is 1. The van der Waals surface area contributed by atoms with Gasteiger partial charge in [-0.2, -0.15) is 0 Å². The van der Waals surface area contributed by atoms with Crippen molar-refractivity contribution in [3.63, 3.8) is 0 Å². The molecule has 0 aliphatic carbocycles. The Labute approximate surface area is 130 Å². The van der Waals surface area contributed by atoms with E-state index in [4.69, 9.17) is 4.74 Å². The first-order valence-corrected chi connectivity index (χ1v) is 7.96. The highest BCUT2D eigenvalue weighted by Crippen LogP contribution is 2.18. The maximum absolute atomic E-state index is 12.3. The van der Waals surface area contributed by atoms with Gasteiger partial charge in [0.1, 0.15) is 6.04 Å². The molecule has 0 spiro atoms. The molecule has 22 heavy (non-hydrogen) atoms. The summed E-state index contributed by atoms with van der Waals surface area (Å²) in [4.78, 5) is 25.4. The first kappa shape index (κ1) is 15.0. The van der Waals surface area contributed by atoms with Crippen molar-refractivity contribution in [3.8, 4) is 0 Å². The fourth-order valence-electron chi connectivity index (χ4n) is 3.05. The molecule has 1 aromatic rings. The number of amides is 2. The minimum absolute atomic E-state index is 0.0144.